The molecule has 2 atom stereocenters. The first-order chi connectivity index (χ1) is 16.4. The normalized spacial score (nSPS) is 13.1. The second-order valence-electron chi connectivity index (χ2n) is 8.22. The van der Waals surface area contributed by atoms with Crippen molar-refractivity contribution in [2.75, 3.05) is 17.1 Å². The van der Waals surface area contributed by atoms with Crippen LogP contribution >= 0.6 is 23.2 Å². The maximum atomic E-state index is 14.5. The number of halogens is 3. The van der Waals surface area contributed by atoms with E-state index in [-0.39, 0.29) is 30.6 Å². The van der Waals surface area contributed by atoms with Crippen LogP contribution in [-0.4, -0.2) is 50.0 Å². The molecule has 0 heterocycles. The summed E-state index contributed by atoms with van der Waals surface area (Å²) in [5.74, 6) is -1.85. The molecule has 0 saturated heterocycles. The zero-order valence-electron chi connectivity index (χ0n) is 20.1. The first-order valence-corrected chi connectivity index (χ1v) is 13.7. The van der Waals surface area contributed by atoms with E-state index in [1.807, 2.05) is 13.8 Å². The molecular weight excluding hydrogens is 516 g/mol. The molecule has 0 bridgehead atoms. The van der Waals surface area contributed by atoms with E-state index in [1.54, 1.807) is 19.1 Å². The lowest BCUT2D eigenvalue weighted by molar-refractivity contribution is -0.140. The molecule has 0 saturated carbocycles. The van der Waals surface area contributed by atoms with Gasteiger partial charge in [0.25, 0.3) is 0 Å². The number of nitrogens with zero attached hydrogens (tertiary/aromatic N) is 2. The van der Waals surface area contributed by atoms with Crippen molar-refractivity contribution in [3.63, 3.8) is 0 Å². The minimum atomic E-state index is -4.03. The van der Waals surface area contributed by atoms with Crippen molar-refractivity contribution in [3.05, 3.63) is 63.9 Å². The van der Waals surface area contributed by atoms with Gasteiger partial charge >= 0.3 is 0 Å². The van der Waals surface area contributed by atoms with Crippen molar-refractivity contribution in [1.29, 1.82) is 0 Å². The molecule has 7 nitrogen and oxygen atoms in total. The van der Waals surface area contributed by atoms with Crippen LogP contribution in [0.3, 0.4) is 0 Å². The van der Waals surface area contributed by atoms with Crippen LogP contribution in [0.4, 0.5) is 10.1 Å². The summed E-state index contributed by atoms with van der Waals surface area (Å²) in [7, 11) is -4.03. The van der Waals surface area contributed by atoms with Crippen LogP contribution in [0.25, 0.3) is 0 Å². The largest absolute Gasteiger partial charge is 0.352 e. The molecule has 2 unspecified atom stereocenters. The fourth-order valence-corrected chi connectivity index (χ4v) is 4.76. The monoisotopic (exact) mass is 545 g/mol. The number of hydrogen-bond acceptors (Lipinski definition) is 4. The Morgan fingerprint density at radius 1 is 1.09 bits per heavy atom. The third-order valence-corrected chi connectivity index (χ3v) is 7.26. The van der Waals surface area contributed by atoms with Crippen molar-refractivity contribution in [1.82, 2.24) is 10.2 Å². The lowest BCUT2D eigenvalue weighted by Gasteiger charge is -2.33. The highest BCUT2D eigenvalue weighted by Crippen LogP contribution is 2.25. The highest BCUT2D eigenvalue weighted by Gasteiger charge is 2.33. The Labute approximate surface area is 216 Å². The predicted octanol–water partition coefficient (Wildman–Crippen LogP) is 4.62. The van der Waals surface area contributed by atoms with E-state index in [1.165, 1.54) is 29.2 Å². The smallest absolute Gasteiger partial charge is 0.244 e. The van der Waals surface area contributed by atoms with Gasteiger partial charge in [0, 0.05) is 22.6 Å². The Morgan fingerprint density at radius 3 is 2.29 bits per heavy atom. The second kappa shape index (κ2) is 12.6. The molecule has 0 aliphatic heterocycles. The van der Waals surface area contributed by atoms with Gasteiger partial charge in [-0.1, -0.05) is 55.2 Å². The molecule has 0 spiro atoms. The molecule has 0 radical (unpaired) electrons. The quantitative estimate of drug-likeness (QED) is 0.446. The predicted molar refractivity (Wildman–Crippen MR) is 138 cm³/mol. The van der Waals surface area contributed by atoms with Crippen molar-refractivity contribution in [2.45, 2.75) is 52.2 Å². The molecule has 2 aromatic rings. The molecule has 2 rings (SSSR count). The summed E-state index contributed by atoms with van der Waals surface area (Å²) in [5.41, 5.74) is 0.265. The van der Waals surface area contributed by atoms with Crippen LogP contribution in [0.1, 0.15) is 39.2 Å². The fraction of sp³-hybridized carbons (Fsp3) is 0.417. The number of hydrogen-bond donors (Lipinski definition) is 1. The van der Waals surface area contributed by atoms with Gasteiger partial charge in [0.05, 0.1) is 11.9 Å². The second-order valence-corrected chi connectivity index (χ2v) is 11.0. The van der Waals surface area contributed by atoms with Gasteiger partial charge < -0.3 is 10.2 Å². The molecule has 1 N–H and O–H groups in total. The van der Waals surface area contributed by atoms with Gasteiger partial charge in [-0.25, -0.2) is 12.8 Å². The highest BCUT2D eigenvalue weighted by molar-refractivity contribution is 7.92. The van der Waals surface area contributed by atoms with E-state index in [4.69, 9.17) is 23.2 Å². The van der Waals surface area contributed by atoms with Crippen molar-refractivity contribution < 1.29 is 22.4 Å². The number of carbonyl (C=O) groups excluding carboxylic acids is 2. The van der Waals surface area contributed by atoms with Crippen LogP contribution in [0.2, 0.25) is 10.0 Å². The summed E-state index contributed by atoms with van der Waals surface area (Å²) in [4.78, 5) is 27.9. The van der Waals surface area contributed by atoms with E-state index in [0.29, 0.717) is 26.3 Å². The lowest BCUT2D eigenvalue weighted by Crippen LogP contribution is -2.53. The maximum Gasteiger partial charge on any atom is 0.244 e. The summed E-state index contributed by atoms with van der Waals surface area (Å²) in [6.45, 7) is 4.74. The van der Waals surface area contributed by atoms with Crippen LogP contribution in [0.15, 0.2) is 42.5 Å². The summed E-state index contributed by atoms with van der Waals surface area (Å²) >= 11 is 12.3. The van der Waals surface area contributed by atoms with E-state index < -0.39 is 34.3 Å². The molecule has 11 heteroatoms. The van der Waals surface area contributed by atoms with E-state index in [9.17, 15) is 22.4 Å². The number of benzene rings is 2. The van der Waals surface area contributed by atoms with Crippen LogP contribution in [-0.2, 0) is 26.2 Å². The lowest BCUT2D eigenvalue weighted by atomic mass is 10.1. The number of para-hydroxylation sites is 1. The summed E-state index contributed by atoms with van der Waals surface area (Å²) in [6, 6.07) is 8.99. The highest BCUT2D eigenvalue weighted by atomic mass is 35.5. The average molecular weight is 546 g/mol. The number of anilines is 1. The van der Waals surface area contributed by atoms with Gasteiger partial charge in [-0.05, 0) is 49.6 Å². The Hall–Kier alpha value is -2.36. The van der Waals surface area contributed by atoms with Crippen molar-refractivity contribution in [2.24, 2.45) is 0 Å². The summed E-state index contributed by atoms with van der Waals surface area (Å²) in [5, 5.41) is 3.57. The van der Waals surface area contributed by atoms with E-state index in [2.05, 4.69) is 5.32 Å². The number of rotatable bonds is 11. The molecule has 2 amide bonds. The average Bonchev–Trinajstić information content (AvgIpc) is 2.78. The zero-order valence-corrected chi connectivity index (χ0v) is 22.4. The molecule has 0 fully saturated rings. The molecule has 35 heavy (non-hydrogen) atoms. The minimum absolute atomic E-state index is 0.0733. The van der Waals surface area contributed by atoms with E-state index in [0.717, 1.165) is 12.3 Å². The van der Waals surface area contributed by atoms with Gasteiger partial charge in [-0.15, -0.1) is 0 Å². The van der Waals surface area contributed by atoms with Gasteiger partial charge in [0.1, 0.15) is 18.4 Å². The van der Waals surface area contributed by atoms with Gasteiger partial charge in [-0.2, -0.15) is 0 Å². The topological polar surface area (TPSA) is 86.8 Å². The molecule has 192 valence electrons. The first kappa shape index (κ1) is 28.9. The van der Waals surface area contributed by atoms with Gasteiger partial charge in [0.15, 0.2) is 0 Å². The number of sulfonamides is 1. The van der Waals surface area contributed by atoms with Gasteiger partial charge in [0.2, 0.25) is 21.8 Å². The number of nitrogens with one attached hydrogen (secondary N) is 1. The van der Waals surface area contributed by atoms with Crippen molar-refractivity contribution >= 4 is 50.7 Å². The fourth-order valence-electron chi connectivity index (χ4n) is 3.44. The van der Waals surface area contributed by atoms with E-state index >= 15 is 0 Å². The molecular formula is C24H30Cl2FN3O4S. The SMILES string of the molecule is CCC(C)NC(=O)C(CC)N(Cc1ccc(Cl)cc1Cl)C(=O)CN(c1ccccc1F)S(C)(=O)=O. The van der Waals surface area contributed by atoms with Crippen molar-refractivity contribution in [3.8, 4) is 0 Å². The van der Waals surface area contributed by atoms with Crippen LogP contribution in [0.5, 0.6) is 0 Å². The Morgan fingerprint density at radius 2 is 1.74 bits per heavy atom. The number of amides is 2. The Bertz CT molecular complexity index is 1160. The van der Waals surface area contributed by atoms with Gasteiger partial charge in [-0.3, -0.25) is 13.9 Å². The number of carbonyl (C=O) groups is 2. The third kappa shape index (κ3) is 7.81. The van der Waals surface area contributed by atoms with Crippen LogP contribution < -0.4 is 9.62 Å². The minimum Gasteiger partial charge on any atom is -0.352 e. The zero-order chi connectivity index (χ0) is 26.3. The third-order valence-electron chi connectivity index (χ3n) is 5.54. The van der Waals surface area contributed by atoms with Crippen LogP contribution in [0, 0.1) is 5.82 Å². The summed E-state index contributed by atoms with van der Waals surface area (Å²) in [6.07, 6.45) is 1.84. The summed E-state index contributed by atoms with van der Waals surface area (Å²) < 4.78 is 40.2. The first-order valence-electron chi connectivity index (χ1n) is 11.1. The Kier molecular flexibility index (Phi) is 10.4. The molecule has 0 aliphatic rings. The molecule has 2 aromatic carbocycles. The molecule has 0 aromatic heterocycles. The Balaban J connectivity index is 2.49. The maximum absolute atomic E-state index is 14.5. The standard InChI is InChI=1S/C24H30Cl2FN3O4S/c1-5-16(3)28-24(32)21(6-2)29(14-17-11-12-18(25)13-19(17)26)23(31)15-30(35(4,33)34)22-10-8-7-9-20(22)27/h7-13,16,21H,5-6,14-15H2,1-4H3,(H,28,32). The molecule has 0 aliphatic carbocycles.